The average Bonchev–Trinajstić information content (AvgIpc) is 2.38. The molecule has 68 valence electrons. The van der Waals surface area contributed by atoms with Crippen LogP contribution in [0.5, 0.6) is 0 Å². The highest BCUT2D eigenvalue weighted by atomic mass is 35.5. The highest BCUT2D eigenvalue weighted by molar-refractivity contribution is 7.17. The quantitative estimate of drug-likeness (QED) is 0.696. The lowest BCUT2D eigenvalue weighted by Crippen LogP contribution is -2.07. The fourth-order valence-electron chi connectivity index (χ4n) is 1.43. The molecule has 2 nitrogen and oxygen atoms in total. The van der Waals surface area contributed by atoms with Crippen LogP contribution in [0.1, 0.15) is 5.56 Å². The topological polar surface area (TPSA) is 28.8 Å². The standard InChI is InChI=1S/C9H9ClN2S/c1-5-3-4-6(10)8-7(5)12(2)9(11)13-8/h3-4,11H,1-2H3. The maximum absolute atomic E-state index is 7.66. The van der Waals surface area contributed by atoms with Gasteiger partial charge >= 0.3 is 0 Å². The van der Waals surface area contributed by atoms with Crippen molar-refractivity contribution in [2.45, 2.75) is 6.92 Å². The molecule has 1 N–H and O–H groups in total. The summed E-state index contributed by atoms with van der Waals surface area (Å²) in [5, 5.41) is 8.40. The largest absolute Gasteiger partial charge is 0.320 e. The molecule has 0 aliphatic rings. The van der Waals surface area contributed by atoms with Crippen molar-refractivity contribution in [3.8, 4) is 0 Å². The summed E-state index contributed by atoms with van der Waals surface area (Å²) in [6.45, 7) is 2.03. The van der Waals surface area contributed by atoms with E-state index in [-0.39, 0.29) is 0 Å². The Labute approximate surface area is 84.9 Å². The molecule has 1 aromatic carbocycles. The highest BCUT2D eigenvalue weighted by Crippen LogP contribution is 2.27. The molecule has 0 atom stereocenters. The lowest BCUT2D eigenvalue weighted by atomic mass is 10.2. The number of aryl methyl sites for hydroxylation is 2. The zero-order valence-corrected chi connectivity index (χ0v) is 8.96. The van der Waals surface area contributed by atoms with Crippen LogP contribution >= 0.6 is 22.9 Å². The van der Waals surface area contributed by atoms with E-state index in [1.807, 2.05) is 30.7 Å². The van der Waals surface area contributed by atoms with Gasteiger partial charge in [-0.3, -0.25) is 5.41 Å². The van der Waals surface area contributed by atoms with Gasteiger partial charge in [0.05, 0.1) is 15.2 Å². The number of halogens is 1. The Hall–Kier alpha value is -0.800. The Morgan fingerprint density at radius 1 is 1.46 bits per heavy atom. The van der Waals surface area contributed by atoms with Crippen molar-refractivity contribution >= 4 is 33.2 Å². The maximum atomic E-state index is 7.66. The number of thiazole rings is 1. The number of aromatic nitrogens is 1. The van der Waals surface area contributed by atoms with Gasteiger partial charge in [0.2, 0.25) is 0 Å². The van der Waals surface area contributed by atoms with Crippen molar-refractivity contribution in [1.82, 2.24) is 4.57 Å². The molecule has 0 unspecified atom stereocenters. The number of hydrogen-bond donors (Lipinski definition) is 1. The van der Waals surface area contributed by atoms with E-state index in [9.17, 15) is 0 Å². The van der Waals surface area contributed by atoms with E-state index >= 15 is 0 Å². The van der Waals surface area contributed by atoms with Gasteiger partial charge in [0.1, 0.15) is 0 Å². The molecule has 0 aliphatic carbocycles. The average molecular weight is 213 g/mol. The molecule has 2 aromatic rings. The fraction of sp³-hybridized carbons (Fsp3) is 0.222. The summed E-state index contributed by atoms with van der Waals surface area (Å²) in [5.41, 5.74) is 2.24. The summed E-state index contributed by atoms with van der Waals surface area (Å²) in [4.78, 5) is 0.534. The molecule has 0 amide bonds. The summed E-state index contributed by atoms with van der Waals surface area (Å²) < 4.78 is 2.87. The van der Waals surface area contributed by atoms with Crippen molar-refractivity contribution in [3.63, 3.8) is 0 Å². The van der Waals surface area contributed by atoms with E-state index in [1.165, 1.54) is 11.3 Å². The first-order valence-electron chi connectivity index (χ1n) is 3.90. The number of benzene rings is 1. The van der Waals surface area contributed by atoms with Gasteiger partial charge in [-0.2, -0.15) is 0 Å². The van der Waals surface area contributed by atoms with Gasteiger partial charge in [-0.25, -0.2) is 0 Å². The predicted molar refractivity (Wildman–Crippen MR) is 56.4 cm³/mol. The third kappa shape index (κ3) is 1.19. The molecule has 0 saturated heterocycles. The van der Waals surface area contributed by atoms with Gasteiger partial charge in [0.15, 0.2) is 4.80 Å². The lowest BCUT2D eigenvalue weighted by molar-refractivity contribution is 0.890. The van der Waals surface area contributed by atoms with Crippen LogP contribution in [0.3, 0.4) is 0 Å². The van der Waals surface area contributed by atoms with Gasteiger partial charge in [-0.15, -0.1) is 0 Å². The first-order valence-corrected chi connectivity index (χ1v) is 5.10. The van der Waals surface area contributed by atoms with Crippen molar-refractivity contribution in [2.24, 2.45) is 7.05 Å². The van der Waals surface area contributed by atoms with Crippen molar-refractivity contribution < 1.29 is 0 Å². The van der Waals surface area contributed by atoms with Crippen molar-refractivity contribution in [2.75, 3.05) is 0 Å². The molecular formula is C9H9ClN2S. The zero-order chi connectivity index (χ0) is 9.59. The minimum atomic E-state index is 0.534. The van der Waals surface area contributed by atoms with Crippen LogP contribution in [0.15, 0.2) is 12.1 Å². The van der Waals surface area contributed by atoms with Crippen LogP contribution in [-0.4, -0.2) is 4.57 Å². The SMILES string of the molecule is Cc1ccc(Cl)c2sc(=N)n(C)c12. The van der Waals surface area contributed by atoms with Gasteiger partial charge in [-0.1, -0.05) is 29.0 Å². The third-order valence-electron chi connectivity index (χ3n) is 2.12. The Morgan fingerprint density at radius 3 is 2.77 bits per heavy atom. The second-order valence-electron chi connectivity index (χ2n) is 3.01. The van der Waals surface area contributed by atoms with Crippen LogP contribution in [0.4, 0.5) is 0 Å². The van der Waals surface area contributed by atoms with Gasteiger partial charge in [-0.05, 0) is 18.6 Å². The number of rotatable bonds is 0. The molecule has 0 saturated carbocycles. The first kappa shape index (κ1) is 8.78. The number of nitrogens with zero attached hydrogens (tertiary/aromatic N) is 1. The molecule has 1 heterocycles. The van der Waals surface area contributed by atoms with Crippen LogP contribution in [0.25, 0.3) is 10.2 Å². The minimum absolute atomic E-state index is 0.534. The third-order valence-corrected chi connectivity index (χ3v) is 3.64. The van der Waals surface area contributed by atoms with Gasteiger partial charge in [0.25, 0.3) is 0 Å². The minimum Gasteiger partial charge on any atom is -0.320 e. The van der Waals surface area contributed by atoms with Gasteiger partial charge in [0, 0.05) is 7.05 Å². The molecule has 0 spiro atoms. The van der Waals surface area contributed by atoms with E-state index < -0.39 is 0 Å². The molecule has 1 aromatic heterocycles. The second-order valence-corrected chi connectivity index (χ2v) is 4.41. The normalized spacial score (nSPS) is 11.0. The zero-order valence-electron chi connectivity index (χ0n) is 7.39. The summed E-state index contributed by atoms with van der Waals surface area (Å²) in [7, 11) is 1.89. The summed E-state index contributed by atoms with van der Waals surface area (Å²) in [6, 6.07) is 3.87. The Bertz CT molecular complexity index is 524. The summed E-state index contributed by atoms with van der Waals surface area (Å²) >= 11 is 7.45. The fourth-order valence-corrected chi connectivity index (χ4v) is 2.68. The van der Waals surface area contributed by atoms with Crippen LogP contribution in [-0.2, 0) is 7.05 Å². The van der Waals surface area contributed by atoms with Crippen LogP contribution in [0.2, 0.25) is 5.02 Å². The smallest absolute Gasteiger partial charge is 0.182 e. The molecule has 13 heavy (non-hydrogen) atoms. The second kappa shape index (κ2) is 2.86. The Balaban J connectivity index is 3.09. The Morgan fingerprint density at radius 2 is 2.15 bits per heavy atom. The molecule has 0 fully saturated rings. The molecule has 0 bridgehead atoms. The molecule has 0 aliphatic heterocycles. The molecule has 0 radical (unpaired) electrons. The monoisotopic (exact) mass is 212 g/mol. The highest BCUT2D eigenvalue weighted by Gasteiger charge is 2.07. The van der Waals surface area contributed by atoms with Crippen molar-refractivity contribution in [3.05, 3.63) is 27.5 Å². The van der Waals surface area contributed by atoms with E-state index in [0.717, 1.165) is 20.8 Å². The van der Waals surface area contributed by atoms with E-state index in [1.54, 1.807) is 0 Å². The van der Waals surface area contributed by atoms with E-state index in [0.29, 0.717) is 4.80 Å². The number of fused-ring (bicyclic) bond motifs is 1. The number of nitrogens with one attached hydrogen (secondary N) is 1. The molecule has 2 rings (SSSR count). The van der Waals surface area contributed by atoms with Gasteiger partial charge < -0.3 is 4.57 Å². The van der Waals surface area contributed by atoms with E-state index in [2.05, 4.69) is 0 Å². The maximum Gasteiger partial charge on any atom is 0.182 e. The van der Waals surface area contributed by atoms with Crippen LogP contribution < -0.4 is 4.80 Å². The number of hydrogen-bond acceptors (Lipinski definition) is 2. The van der Waals surface area contributed by atoms with E-state index in [4.69, 9.17) is 17.0 Å². The predicted octanol–water partition coefficient (Wildman–Crippen LogP) is 2.68. The lowest BCUT2D eigenvalue weighted by Gasteiger charge is -2.00. The summed E-state index contributed by atoms with van der Waals surface area (Å²) in [6.07, 6.45) is 0. The Kier molecular flexibility index (Phi) is 1.93. The first-order chi connectivity index (χ1) is 6.11. The van der Waals surface area contributed by atoms with Crippen molar-refractivity contribution in [1.29, 1.82) is 5.41 Å². The summed E-state index contributed by atoms with van der Waals surface area (Å²) in [5.74, 6) is 0. The van der Waals surface area contributed by atoms with Crippen LogP contribution in [0, 0.1) is 12.3 Å². The molecule has 4 heteroatoms. The molecular weight excluding hydrogens is 204 g/mol.